The number of hydrogen-bond acceptors (Lipinski definition) is 3. The van der Waals surface area contributed by atoms with Crippen LogP contribution in [0.3, 0.4) is 0 Å². The van der Waals surface area contributed by atoms with Gasteiger partial charge in [-0.1, -0.05) is 0 Å². The summed E-state index contributed by atoms with van der Waals surface area (Å²) in [4.78, 5) is 2.24. The standard InChI is InChI=1S/C5H15N3OS/c1-4-7-10(9,8-6)5(2)3/h5H,4,6H2,1-3H3,(H,7,8,9). The minimum atomic E-state index is -2.34. The summed E-state index contributed by atoms with van der Waals surface area (Å²) in [6.45, 7) is 6.00. The minimum Gasteiger partial charge on any atom is -0.259 e. The highest BCUT2D eigenvalue weighted by Gasteiger charge is 2.09. The minimum absolute atomic E-state index is 0.0440. The van der Waals surface area contributed by atoms with Crippen molar-refractivity contribution < 1.29 is 4.21 Å². The lowest BCUT2D eigenvalue weighted by Gasteiger charge is -2.10. The van der Waals surface area contributed by atoms with E-state index in [0.29, 0.717) is 6.54 Å². The normalized spacial score (nSPS) is 16.9. The Kier molecular flexibility index (Phi) is 3.85. The molecule has 0 aliphatic heterocycles. The second-order valence-electron chi connectivity index (χ2n) is 2.18. The Balaban J connectivity index is 4.57. The third-order valence-electron chi connectivity index (χ3n) is 1.13. The van der Waals surface area contributed by atoms with E-state index in [1.165, 1.54) is 0 Å². The fourth-order valence-corrected chi connectivity index (χ4v) is 1.54. The number of nitrogens with two attached hydrogens (primary N) is 1. The molecule has 4 nitrogen and oxygen atoms in total. The molecule has 0 bridgehead atoms. The molecular weight excluding hydrogens is 150 g/mol. The van der Waals surface area contributed by atoms with Crippen LogP contribution in [0.25, 0.3) is 0 Å². The van der Waals surface area contributed by atoms with Gasteiger partial charge in [-0.15, -0.1) is 0 Å². The number of rotatable bonds is 3. The van der Waals surface area contributed by atoms with Crippen LogP contribution in [0.15, 0.2) is 4.36 Å². The molecule has 1 atom stereocenters. The van der Waals surface area contributed by atoms with E-state index in [1.807, 2.05) is 20.8 Å². The molecular formula is C5H15N3OS. The Morgan fingerprint density at radius 3 is 2.30 bits per heavy atom. The molecule has 0 saturated carbocycles. The molecule has 0 fully saturated rings. The molecule has 0 aromatic carbocycles. The molecule has 62 valence electrons. The molecule has 0 aromatic rings. The lowest BCUT2D eigenvalue weighted by molar-refractivity contribution is 0.657. The van der Waals surface area contributed by atoms with Gasteiger partial charge in [-0.3, -0.25) is 5.84 Å². The maximum Gasteiger partial charge on any atom is 0.123 e. The molecule has 10 heavy (non-hydrogen) atoms. The first-order valence-electron chi connectivity index (χ1n) is 3.26. The van der Waals surface area contributed by atoms with E-state index in [4.69, 9.17) is 5.84 Å². The van der Waals surface area contributed by atoms with Gasteiger partial charge in [0.1, 0.15) is 9.92 Å². The Labute approximate surface area is 62.5 Å². The predicted molar refractivity (Wildman–Crippen MR) is 43.6 cm³/mol. The van der Waals surface area contributed by atoms with Crippen LogP contribution >= 0.6 is 0 Å². The molecule has 0 rings (SSSR count). The molecule has 0 spiro atoms. The summed E-state index contributed by atoms with van der Waals surface area (Å²) < 4.78 is 15.3. The monoisotopic (exact) mass is 165 g/mol. The first kappa shape index (κ1) is 9.87. The highest BCUT2D eigenvalue weighted by molar-refractivity contribution is 7.92. The van der Waals surface area contributed by atoms with E-state index in [-0.39, 0.29) is 5.25 Å². The number of nitrogens with one attached hydrogen (secondary N) is 1. The molecule has 0 aliphatic rings. The molecule has 0 aliphatic carbocycles. The molecule has 5 heteroatoms. The number of hydrazine groups is 1. The Morgan fingerprint density at radius 2 is 2.20 bits per heavy atom. The van der Waals surface area contributed by atoms with Crippen molar-refractivity contribution in [3.05, 3.63) is 0 Å². The topological polar surface area (TPSA) is 67.5 Å². The summed E-state index contributed by atoms with van der Waals surface area (Å²) in [5.41, 5.74) is 0. The van der Waals surface area contributed by atoms with Gasteiger partial charge in [0.25, 0.3) is 0 Å². The largest absolute Gasteiger partial charge is 0.259 e. The SMILES string of the molecule is CCN=S(=O)(NN)C(C)C. The maximum absolute atomic E-state index is 11.5. The van der Waals surface area contributed by atoms with Crippen molar-refractivity contribution in [3.8, 4) is 0 Å². The lowest BCUT2D eigenvalue weighted by Crippen LogP contribution is -2.36. The third-order valence-corrected chi connectivity index (χ3v) is 3.39. The predicted octanol–water partition coefficient (Wildman–Crippen LogP) is 0.261. The Hall–Kier alpha value is -0.130. The van der Waals surface area contributed by atoms with Gasteiger partial charge in [0.15, 0.2) is 0 Å². The second kappa shape index (κ2) is 3.90. The third kappa shape index (κ3) is 2.24. The molecule has 0 heterocycles. The van der Waals surface area contributed by atoms with Crippen LogP contribution in [0.1, 0.15) is 20.8 Å². The van der Waals surface area contributed by atoms with Gasteiger partial charge in [0, 0.05) is 6.54 Å². The van der Waals surface area contributed by atoms with E-state index >= 15 is 0 Å². The number of nitrogens with zero attached hydrogens (tertiary/aromatic N) is 1. The molecule has 0 radical (unpaired) electrons. The van der Waals surface area contributed by atoms with Crippen LogP contribution in [-0.2, 0) is 9.92 Å². The summed E-state index contributed by atoms with van der Waals surface area (Å²) in [7, 11) is -2.34. The van der Waals surface area contributed by atoms with Crippen LogP contribution in [-0.4, -0.2) is 16.0 Å². The zero-order valence-corrected chi connectivity index (χ0v) is 7.44. The van der Waals surface area contributed by atoms with E-state index in [1.54, 1.807) is 0 Å². The van der Waals surface area contributed by atoms with E-state index in [9.17, 15) is 4.21 Å². The van der Waals surface area contributed by atoms with Crippen molar-refractivity contribution >= 4 is 9.92 Å². The second-order valence-corrected chi connectivity index (χ2v) is 4.75. The van der Waals surface area contributed by atoms with E-state index in [2.05, 4.69) is 9.19 Å². The van der Waals surface area contributed by atoms with Crippen molar-refractivity contribution in [2.24, 2.45) is 10.2 Å². The quantitative estimate of drug-likeness (QED) is 0.465. The molecule has 0 amide bonds. The van der Waals surface area contributed by atoms with Crippen molar-refractivity contribution in [1.29, 1.82) is 0 Å². The lowest BCUT2D eigenvalue weighted by atomic mass is 10.6. The summed E-state index contributed by atoms with van der Waals surface area (Å²) in [5.74, 6) is 5.07. The smallest absolute Gasteiger partial charge is 0.123 e. The fraction of sp³-hybridized carbons (Fsp3) is 1.00. The average Bonchev–Trinajstić information content (AvgIpc) is 1.88. The molecule has 1 unspecified atom stereocenters. The van der Waals surface area contributed by atoms with Crippen molar-refractivity contribution in [3.63, 3.8) is 0 Å². The summed E-state index contributed by atoms with van der Waals surface area (Å²) in [5, 5.41) is -0.0440. The van der Waals surface area contributed by atoms with Gasteiger partial charge in [0.05, 0.1) is 5.25 Å². The van der Waals surface area contributed by atoms with E-state index < -0.39 is 9.92 Å². The fourth-order valence-electron chi connectivity index (χ4n) is 0.514. The summed E-state index contributed by atoms with van der Waals surface area (Å²) in [6, 6.07) is 0. The van der Waals surface area contributed by atoms with Crippen molar-refractivity contribution in [2.75, 3.05) is 6.54 Å². The first-order valence-corrected chi connectivity index (χ1v) is 4.83. The Morgan fingerprint density at radius 1 is 1.70 bits per heavy atom. The zero-order chi connectivity index (χ0) is 8.20. The zero-order valence-electron chi connectivity index (χ0n) is 6.63. The number of hydrogen-bond donors (Lipinski definition) is 2. The van der Waals surface area contributed by atoms with Gasteiger partial charge in [-0.05, 0) is 20.8 Å². The first-order chi connectivity index (χ1) is 4.56. The van der Waals surface area contributed by atoms with Crippen LogP contribution in [0.4, 0.5) is 0 Å². The summed E-state index contributed by atoms with van der Waals surface area (Å²) in [6.07, 6.45) is 0. The molecule has 0 aromatic heterocycles. The van der Waals surface area contributed by atoms with Gasteiger partial charge in [-0.2, -0.15) is 4.83 Å². The molecule has 0 saturated heterocycles. The Bertz CT molecular complexity index is 193. The molecule has 3 N–H and O–H groups in total. The average molecular weight is 165 g/mol. The maximum atomic E-state index is 11.5. The van der Waals surface area contributed by atoms with Gasteiger partial charge in [0.2, 0.25) is 0 Å². The highest BCUT2D eigenvalue weighted by atomic mass is 32.2. The van der Waals surface area contributed by atoms with Crippen molar-refractivity contribution in [1.82, 2.24) is 4.83 Å². The van der Waals surface area contributed by atoms with E-state index in [0.717, 1.165) is 0 Å². The van der Waals surface area contributed by atoms with Gasteiger partial charge >= 0.3 is 0 Å². The highest BCUT2D eigenvalue weighted by Crippen LogP contribution is 1.98. The van der Waals surface area contributed by atoms with Crippen LogP contribution in [0.5, 0.6) is 0 Å². The van der Waals surface area contributed by atoms with Crippen LogP contribution in [0, 0.1) is 0 Å². The van der Waals surface area contributed by atoms with Crippen molar-refractivity contribution in [2.45, 2.75) is 26.0 Å². The van der Waals surface area contributed by atoms with Gasteiger partial charge in [-0.25, -0.2) is 8.57 Å². The van der Waals surface area contributed by atoms with Crippen LogP contribution < -0.4 is 10.7 Å². The van der Waals surface area contributed by atoms with Crippen LogP contribution in [0.2, 0.25) is 0 Å². The summed E-state index contributed by atoms with van der Waals surface area (Å²) >= 11 is 0. The van der Waals surface area contributed by atoms with Gasteiger partial charge < -0.3 is 0 Å².